The van der Waals surface area contributed by atoms with E-state index in [-0.39, 0.29) is 11.9 Å². The highest BCUT2D eigenvalue weighted by molar-refractivity contribution is 5.68. The van der Waals surface area contributed by atoms with E-state index in [1.165, 1.54) is 12.1 Å². The molecule has 1 amide bonds. The lowest BCUT2D eigenvalue weighted by Crippen LogP contribution is -2.42. The maximum atomic E-state index is 13.0. The Hall–Kier alpha value is -1.62. The van der Waals surface area contributed by atoms with Crippen molar-refractivity contribution in [2.75, 3.05) is 6.54 Å². The van der Waals surface area contributed by atoms with Crippen molar-refractivity contribution in [2.24, 2.45) is 0 Å². The monoisotopic (exact) mass is 282 g/mol. The number of ether oxygens (including phenoxy) is 1. The summed E-state index contributed by atoms with van der Waals surface area (Å²) in [4.78, 5) is 11.5. The smallest absolute Gasteiger partial charge is 0.407 e. The second-order valence-electron chi connectivity index (χ2n) is 5.81. The zero-order chi connectivity index (χ0) is 15.2. The minimum Gasteiger partial charge on any atom is -0.444 e. The molecule has 1 aromatic rings. The molecule has 0 radical (unpaired) electrons. The molecule has 0 fully saturated rings. The largest absolute Gasteiger partial charge is 0.444 e. The van der Waals surface area contributed by atoms with E-state index in [2.05, 4.69) is 10.6 Å². The van der Waals surface area contributed by atoms with Crippen LogP contribution in [0.5, 0.6) is 0 Å². The van der Waals surface area contributed by atoms with Crippen LogP contribution in [0.15, 0.2) is 24.3 Å². The van der Waals surface area contributed by atoms with Gasteiger partial charge in [-0.2, -0.15) is 0 Å². The van der Waals surface area contributed by atoms with Gasteiger partial charge in [-0.05, 0) is 45.4 Å². The van der Waals surface area contributed by atoms with Crippen LogP contribution in [0.4, 0.5) is 9.18 Å². The van der Waals surface area contributed by atoms with E-state index in [0.717, 1.165) is 5.56 Å². The van der Waals surface area contributed by atoms with E-state index < -0.39 is 11.7 Å². The molecule has 0 aromatic heterocycles. The van der Waals surface area contributed by atoms with Gasteiger partial charge in [-0.15, -0.1) is 0 Å². The average Bonchev–Trinajstić information content (AvgIpc) is 2.25. The van der Waals surface area contributed by atoms with Gasteiger partial charge in [-0.3, -0.25) is 0 Å². The zero-order valence-corrected chi connectivity index (χ0v) is 12.5. The number of alkyl carbamates (subject to hydrolysis) is 1. The second kappa shape index (κ2) is 7.24. The third-order valence-electron chi connectivity index (χ3n) is 2.43. The zero-order valence-electron chi connectivity index (χ0n) is 12.5. The van der Waals surface area contributed by atoms with E-state index in [1.54, 1.807) is 6.07 Å². The molecule has 5 heteroatoms. The Balaban J connectivity index is 2.26. The molecule has 0 saturated carbocycles. The highest BCUT2D eigenvalue weighted by atomic mass is 19.1. The van der Waals surface area contributed by atoms with Gasteiger partial charge in [0.05, 0.1) is 0 Å². The summed E-state index contributed by atoms with van der Waals surface area (Å²) in [5.41, 5.74) is 0.369. The second-order valence-corrected chi connectivity index (χ2v) is 5.81. The highest BCUT2D eigenvalue weighted by Crippen LogP contribution is 2.06. The first kappa shape index (κ1) is 16.4. The van der Waals surface area contributed by atoms with Crippen LogP contribution in [0.25, 0.3) is 0 Å². The van der Waals surface area contributed by atoms with Crippen LogP contribution in [0.1, 0.15) is 33.3 Å². The Labute approximate surface area is 119 Å². The summed E-state index contributed by atoms with van der Waals surface area (Å²) in [5.74, 6) is -0.246. The minimum absolute atomic E-state index is 0.0709. The van der Waals surface area contributed by atoms with Crippen LogP contribution in [0.3, 0.4) is 0 Å². The fraction of sp³-hybridized carbons (Fsp3) is 0.533. The van der Waals surface area contributed by atoms with E-state index in [9.17, 15) is 9.18 Å². The maximum absolute atomic E-state index is 13.0. The Morgan fingerprint density at radius 1 is 1.40 bits per heavy atom. The number of hydrogen-bond acceptors (Lipinski definition) is 3. The molecule has 0 aliphatic heterocycles. The summed E-state index contributed by atoms with van der Waals surface area (Å²) in [6.45, 7) is 8.47. The summed E-state index contributed by atoms with van der Waals surface area (Å²) in [6.07, 6.45) is -0.433. The van der Waals surface area contributed by atoms with Gasteiger partial charge in [0.2, 0.25) is 0 Å². The molecule has 0 spiro atoms. The normalized spacial score (nSPS) is 12.8. The Morgan fingerprint density at radius 2 is 2.10 bits per heavy atom. The Bertz CT molecular complexity index is 444. The standard InChI is InChI=1S/C15H23FN2O2/c1-11(18-14(19)20-15(2,3)4)9-17-10-12-6-5-7-13(16)8-12/h5-8,11,17H,9-10H2,1-4H3,(H,18,19). The highest BCUT2D eigenvalue weighted by Gasteiger charge is 2.17. The molecule has 20 heavy (non-hydrogen) atoms. The summed E-state index contributed by atoms with van der Waals surface area (Å²) in [5, 5.41) is 5.90. The van der Waals surface area contributed by atoms with Gasteiger partial charge in [0, 0.05) is 19.1 Å². The number of benzene rings is 1. The molecule has 0 bridgehead atoms. The van der Waals surface area contributed by atoms with Crippen LogP contribution in [-0.4, -0.2) is 24.3 Å². The molecule has 1 rings (SSSR count). The summed E-state index contributed by atoms with van der Waals surface area (Å²) in [6, 6.07) is 6.35. The molecule has 0 aliphatic rings. The molecule has 1 unspecified atom stereocenters. The third-order valence-corrected chi connectivity index (χ3v) is 2.43. The van der Waals surface area contributed by atoms with E-state index in [1.807, 2.05) is 33.8 Å². The molecule has 2 N–H and O–H groups in total. The van der Waals surface area contributed by atoms with Gasteiger partial charge in [-0.1, -0.05) is 12.1 Å². The van der Waals surface area contributed by atoms with Crippen LogP contribution in [0.2, 0.25) is 0 Å². The number of carbonyl (C=O) groups excluding carboxylic acids is 1. The topological polar surface area (TPSA) is 50.4 Å². The van der Waals surface area contributed by atoms with Crippen LogP contribution in [0, 0.1) is 5.82 Å². The Kier molecular flexibility index (Phi) is 5.95. The Morgan fingerprint density at radius 3 is 2.70 bits per heavy atom. The molecule has 112 valence electrons. The quantitative estimate of drug-likeness (QED) is 0.873. The first-order valence-corrected chi connectivity index (χ1v) is 6.71. The molecule has 1 aromatic carbocycles. The van der Waals surface area contributed by atoms with Crippen molar-refractivity contribution in [1.29, 1.82) is 0 Å². The van der Waals surface area contributed by atoms with Crippen molar-refractivity contribution in [2.45, 2.75) is 45.9 Å². The fourth-order valence-electron chi connectivity index (χ4n) is 1.64. The predicted molar refractivity (Wildman–Crippen MR) is 76.9 cm³/mol. The van der Waals surface area contributed by atoms with Crippen molar-refractivity contribution in [3.05, 3.63) is 35.6 Å². The molecule has 4 nitrogen and oxygen atoms in total. The molecular weight excluding hydrogens is 259 g/mol. The predicted octanol–water partition coefficient (Wildman–Crippen LogP) is 2.83. The van der Waals surface area contributed by atoms with Gasteiger partial charge in [0.15, 0.2) is 0 Å². The van der Waals surface area contributed by atoms with E-state index in [4.69, 9.17) is 4.74 Å². The van der Waals surface area contributed by atoms with E-state index >= 15 is 0 Å². The molecule has 0 aliphatic carbocycles. The van der Waals surface area contributed by atoms with Gasteiger partial charge < -0.3 is 15.4 Å². The summed E-state index contributed by atoms with van der Waals surface area (Å²) >= 11 is 0. The van der Waals surface area contributed by atoms with Crippen molar-refractivity contribution in [1.82, 2.24) is 10.6 Å². The summed E-state index contributed by atoms with van der Waals surface area (Å²) < 4.78 is 18.1. The van der Waals surface area contributed by atoms with Crippen molar-refractivity contribution in [3.8, 4) is 0 Å². The summed E-state index contributed by atoms with van der Waals surface area (Å²) in [7, 11) is 0. The molecule has 0 heterocycles. The van der Waals surface area contributed by atoms with Gasteiger partial charge in [0.25, 0.3) is 0 Å². The van der Waals surface area contributed by atoms with Crippen molar-refractivity contribution >= 4 is 6.09 Å². The number of carbonyl (C=O) groups is 1. The number of rotatable bonds is 5. The molecule has 1 atom stereocenters. The third kappa shape index (κ3) is 7.09. The minimum atomic E-state index is -0.501. The first-order valence-electron chi connectivity index (χ1n) is 6.71. The first-order chi connectivity index (χ1) is 9.26. The van der Waals surface area contributed by atoms with Gasteiger partial charge in [0.1, 0.15) is 11.4 Å². The number of amides is 1. The number of hydrogen-bond donors (Lipinski definition) is 2. The van der Waals surface area contributed by atoms with E-state index in [0.29, 0.717) is 13.1 Å². The lowest BCUT2D eigenvalue weighted by molar-refractivity contribution is 0.0508. The maximum Gasteiger partial charge on any atom is 0.407 e. The lowest BCUT2D eigenvalue weighted by Gasteiger charge is -2.22. The number of nitrogens with one attached hydrogen (secondary N) is 2. The van der Waals surface area contributed by atoms with Crippen LogP contribution >= 0.6 is 0 Å². The lowest BCUT2D eigenvalue weighted by atomic mass is 10.2. The SMILES string of the molecule is CC(CNCc1cccc(F)c1)NC(=O)OC(C)(C)C. The van der Waals surface area contributed by atoms with Crippen molar-refractivity contribution in [3.63, 3.8) is 0 Å². The average molecular weight is 282 g/mol. The fourth-order valence-corrected chi connectivity index (χ4v) is 1.64. The van der Waals surface area contributed by atoms with Gasteiger partial charge >= 0.3 is 6.09 Å². The van der Waals surface area contributed by atoms with Crippen LogP contribution < -0.4 is 10.6 Å². The van der Waals surface area contributed by atoms with Crippen LogP contribution in [-0.2, 0) is 11.3 Å². The van der Waals surface area contributed by atoms with Crippen molar-refractivity contribution < 1.29 is 13.9 Å². The molecule has 0 saturated heterocycles. The molecular formula is C15H23FN2O2. The van der Waals surface area contributed by atoms with Gasteiger partial charge in [-0.25, -0.2) is 9.18 Å². The number of halogens is 1.